The van der Waals surface area contributed by atoms with Crippen LogP contribution >= 0.6 is 11.6 Å². The summed E-state index contributed by atoms with van der Waals surface area (Å²) >= 11 is 6.39. The van der Waals surface area contributed by atoms with Crippen LogP contribution in [0.3, 0.4) is 0 Å². The molecule has 0 aromatic heterocycles. The summed E-state index contributed by atoms with van der Waals surface area (Å²) in [6, 6.07) is 3.70. The van der Waals surface area contributed by atoms with Crippen LogP contribution in [-0.4, -0.2) is 48.8 Å². The highest BCUT2D eigenvalue weighted by atomic mass is 35.5. The van der Waals surface area contributed by atoms with Crippen molar-refractivity contribution < 1.29 is 23.8 Å². The summed E-state index contributed by atoms with van der Waals surface area (Å²) in [5.74, 6) is 1.41. The summed E-state index contributed by atoms with van der Waals surface area (Å²) in [7, 11) is 0. The molecule has 1 aliphatic rings. The van der Waals surface area contributed by atoms with Crippen molar-refractivity contribution in [3.8, 4) is 11.5 Å². The largest absolute Gasteiger partial charge is 0.489 e. The SMILES string of the molecule is CC(C)CN(Cc1cc(Cl)c2c(c1)OCCCO2)C(=O)CCNC(=O)OC(C)(C)C. The number of benzene rings is 1. The van der Waals surface area contributed by atoms with E-state index in [0.29, 0.717) is 48.7 Å². The van der Waals surface area contributed by atoms with Crippen LogP contribution in [0.15, 0.2) is 12.1 Å². The number of hydrogen-bond donors (Lipinski definition) is 1. The lowest BCUT2D eigenvalue weighted by molar-refractivity contribution is -0.132. The first-order chi connectivity index (χ1) is 14.0. The van der Waals surface area contributed by atoms with Gasteiger partial charge in [0.05, 0.1) is 18.2 Å². The third-order valence-corrected chi connectivity index (χ3v) is 4.46. The van der Waals surface area contributed by atoms with Crippen molar-refractivity contribution in [1.82, 2.24) is 10.2 Å². The number of rotatable bonds is 7. The van der Waals surface area contributed by atoms with E-state index in [-0.39, 0.29) is 18.9 Å². The molecule has 1 N–H and O–H groups in total. The van der Waals surface area contributed by atoms with Gasteiger partial charge in [-0.05, 0) is 44.4 Å². The predicted molar refractivity (Wildman–Crippen MR) is 116 cm³/mol. The lowest BCUT2D eigenvalue weighted by Crippen LogP contribution is -2.38. The number of amides is 2. The number of nitrogens with one attached hydrogen (secondary N) is 1. The Balaban J connectivity index is 2.01. The van der Waals surface area contributed by atoms with Crippen LogP contribution in [0.25, 0.3) is 0 Å². The molecule has 0 radical (unpaired) electrons. The third kappa shape index (κ3) is 7.94. The summed E-state index contributed by atoms with van der Waals surface area (Å²) in [5.41, 5.74) is 0.298. The Morgan fingerprint density at radius 3 is 2.60 bits per heavy atom. The maximum absolute atomic E-state index is 12.8. The van der Waals surface area contributed by atoms with E-state index in [1.807, 2.05) is 12.1 Å². The Morgan fingerprint density at radius 2 is 1.93 bits per heavy atom. The van der Waals surface area contributed by atoms with Crippen LogP contribution in [-0.2, 0) is 16.1 Å². The monoisotopic (exact) mass is 440 g/mol. The van der Waals surface area contributed by atoms with Gasteiger partial charge in [-0.25, -0.2) is 4.79 Å². The second kappa shape index (κ2) is 10.8. The van der Waals surface area contributed by atoms with Gasteiger partial charge in [0, 0.05) is 32.5 Å². The zero-order chi connectivity index (χ0) is 22.3. The average Bonchev–Trinajstić information content (AvgIpc) is 2.85. The van der Waals surface area contributed by atoms with E-state index in [2.05, 4.69) is 19.2 Å². The number of hydrogen-bond acceptors (Lipinski definition) is 5. The van der Waals surface area contributed by atoms with E-state index in [9.17, 15) is 9.59 Å². The molecule has 0 fully saturated rings. The van der Waals surface area contributed by atoms with Crippen molar-refractivity contribution in [2.45, 2.75) is 59.6 Å². The molecular formula is C22H33ClN2O5. The highest BCUT2D eigenvalue weighted by Gasteiger charge is 2.21. The van der Waals surface area contributed by atoms with E-state index < -0.39 is 11.7 Å². The molecule has 1 heterocycles. The minimum atomic E-state index is -0.575. The fourth-order valence-corrected chi connectivity index (χ4v) is 3.32. The summed E-state index contributed by atoms with van der Waals surface area (Å²) in [5, 5.41) is 3.11. The molecule has 1 aromatic rings. The van der Waals surface area contributed by atoms with Crippen LogP contribution in [0.5, 0.6) is 11.5 Å². The maximum atomic E-state index is 12.8. The lowest BCUT2D eigenvalue weighted by atomic mass is 10.1. The third-order valence-electron chi connectivity index (χ3n) is 4.18. The molecule has 30 heavy (non-hydrogen) atoms. The van der Waals surface area contributed by atoms with Crippen molar-refractivity contribution in [2.24, 2.45) is 5.92 Å². The van der Waals surface area contributed by atoms with Gasteiger partial charge in [0.1, 0.15) is 5.60 Å². The number of fused-ring (bicyclic) bond motifs is 1. The van der Waals surface area contributed by atoms with Gasteiger partial charge in [0.2, 0.25) is 5.91 Å². The van der Waals surface area contributed by atoms with Gasteiger partial charge in [-0.3, -0.25) is 4.79 Å². The van der Waals surface area contributed by atoms with Gasteiger partial charge in [-0.1, -0.05) is 25.4 Å². The highest BCUT2D eigenvalue weighted by molar-refractivity contribution is 6.32. The quantitative estimate of drug-likeness (QED) is 0.679. The second-order valence-corrected chi connectivity index (χ2v) is 9.21. The molecule has 0 unspecified atom stereocenters. The number of ether oxygens (including phenoxy) is 3. The average molecular weight is 441 g/mol. The maximum Gasteiger partial charge on any atom is 0.407 e. The van der Waals surface area contributed by atoms with E-state index in [0.717, 1.165) is 12.0 Å². The van der Waals surface area contributed by atoms with E-state index in [1.54, 1.807) is 25.7 Å². The Hall–Kier alpha value is -2.15. The van der Waals surface area contributed by atoms with E-state index in [1.165, 1.54) is 0 Å². The van der Waals surface area contributed by atoms with Crippen LogP contribution in [0, 0.1) is 5.92 Å². The molecule has 0 saturated heterocycles. The van der Waals surface area contributed by atoms with Gasteiger partial charge >= 0.3 is 6.09 Å². The Bertz CT molecular complexity index is 746. The van der Waals surface area contributed by atoms with E-state index in [4.69, 9.17) is 25.8 Å². The Morgan fingerprint density at radius 1 is 1.23 bits per heavy atom. The van der Waals surface area contributed by atoms with Gasteiger partial charge in [0.15, 0.2) is 11.5 Å². The number of carbonyl (C=O) groups excluding carboxylic acids is 2. The summed E-state index contributed by atoms with van der Waals surface area (Å²) in [4.78, 5) is 26.4. The number of alkyl carbamates (subject to hydrolysis) is 1. The predicted octanol–water partition coefficient (Wildman–Crippen LogP) is 4.40. The molecule has 0 atom stereocenters. The molecule has 7 nitrogen and oxygen atoms in total. The highest BCUT2D eigenvalue weighted by Crippen LogP contribution is 2.38. The Kier molecular flexibility index (Phi) is 8.65. The fourth-order valence-electron chi connectivity index (χ4n) is 3.03. The van der Waals surface area contributed by atoms with Crippen LogP contribution in [0.2, 0.25) is 5.02 Å². The molecule has 2 rings (SSSR count). The van der Waals surface area contributed by atoms with Crippen molar-refractivity contribution in [1.29, 1.82) is 0 Å². The second-order valence-electron chi connectivity index (χ2n) is 8.80. The van der Waals surface area contributed by atoms with Crippen molar-refractivity contribution in [3.05, 3.63) is 22.7 Å². The molecular weight excluding hydrogens is 408 g/mol. The molecule has 1 aromatic carbocycles. The molecule has 0 bridgehead atoms. The topological polar surface area (TPSA) is 77.1 Å². The summed E-state index contributed by atoms with van der Waals surface area (Å²) in [6.45, 7) is 11.8. The van der Waals surface area contributed by atoms with Gasteiger partial charge in [-0.15, -0.1) is 0 Å². The lowest BCUT2D eigenvalue weighted by Gasteiger charge is -2.26. The molecule has 0 aliphatic carbocycles. The van der Waals surface area contributed by atoms with Crippen LogP contribution in [0.1, 0.15) is 53.0 Å². The van der Waals surface area contributed by atoms with Gasteiger partial charge < -0.3 is 24.4 Å². The van der Waals surface area contributed by atoms with Gasteiger partial charge in [-0.2, -0.15) is 0 Å². The number of nitrogens with zero attached hydrogens (tertiary/aromatic N) is 1. The molecule has 0 spiro atoms. The summed E-state index contributed by atoms with van der Waals surface area (Å²) in [6.07, 6.45) is 0.452. The van der Waals surface area contributed by atoms with E-state index >= 15 is 0 Å². The summed E-state index contributed by atoms with van der Waals surface area (Å²) < 4.78 is 16.6. The standard InChI is InChI=1S/C22H33ClN2O5/c1-15(2)13-25(19(26)7-8-24-21(27)30-22(3,4)5)14-16-11-17(23)20-18(12-16)28-9-6-10-29-20/h11-12,15H,6-10,13-14H2,1-5H3,(H,24,27). The molecule has 2 amide bonds. The minimum absolute atomic E-state index is 0.0528. The van der Waals surface area contributed by atoms with Crippen molar-refractivity contribution in [3.63, 3.8) is 0 Å². The minimum Gasteiger partial charge on any atom is -0.489 e. The molecule has 8 heteroatoms. The molecule has 168 valence electrons. The van der Waals surface area contributed by atoms with Crippen molar-refractivity contribution in [2.75, 3.05) is 26.3 Å². The fraction of sp³-hybridized carbons (Fsp3) is 0.636. The zero-order valence-corrected chi connectivity index (χ0v) is 19.3. The number of halogens is 1. The molecule has 0 saturated carbocycles. The first-order valence-electron chi connectivity index (χ1n) is 10.4. The first kappa shape index (κ1) is 24.1. The van der Waals surface area contributed by atoms with Crippen LogP contribution < -0.4 is 14.8 Å². The zero-order valence-electron chi connectivity index (χ0n) is 18.5. The Labute approximate surface area is 184 Å². The molecule has 1 aliphatic heterocycles. The van der Waals surface area contributed by atoms with Crippen molar-refractivity contribution >= 4 is 23.6 Å². The smallest absolute Gasteiger partial charge is 0.407 e. The first-order valence-corrected chi connectivity index (χ1v) is 10.8. The van der Waals surface area contributed by atoms with Crippen LogP contribution in [0.4, 0.5) is 4.79 Å². The van der Waals surface area contributed by atoms with Gasteiger partial charge in [0.25, 0.3) is 0 Å². The normalized spacial score (nSPS) is 13.6. The number of carbonyl (C=O) groups is 2.